The summed E-state index contributed by atoms with van der Waals surface area (Å²) in [5, 5.41) is 17.6. The molecule has 0 fully saturated rings. The molecule has 0 aliphatic carbocycles. The quantitative estimate of drug-likeness (QED) is 0.746. The van der Waals surface area contributed by atoms with Crippen molar-refractivity contribution in [1.82, 2.24) is 15.0 Å². The molecule has 88 valence electrons. The molecule has 0 atom stereocenters. The predicted octanol–water partition coefficient (Wildman–Crippen LogP) is 1.15. The van der Waals surface area contributed by atoms with E-state index in [0.717, 1.165) is 6.20 Å². The Labute approximate surface area is 91.2 Å². The first-order valence-corrected chi connectivity index (χ1v) is 4.43. The van der Waals surface area contributed by atoms with Gasteiger partial charge in [0.2, 0.25) is 0 Å². The molecule has 0 aliphatic rings. The fraction of sp³-hybridized carbons (Fsp3) is 0.500. The van der Waals surface area contributed by atoms with Crippen molar-refractivity contribution >= 4 is 18.0 Å². The first kappa shape index (κ1) is 12.0. The van der Waals surface area contributed by atoms with Crippen molar-refractivity contribution in [2.45, 2.75) is 26.4 Å². The second-order valence-corrected chi connectivity index (χ2v) is 3.93. The van der Waals surface area contributed by atoms with Gasteiger partial charge in [-0.05, 0) is 20.8 Å². The zero-order chi connectivity index (χ0) is 12.3. The molecule has 8 nitrogen and oxygen atoms in total. The standard InChI is InChI=1S/C8H12N4O4/c1-8(2,3)16-6(13)10-5-4-9-12(11-5)7(14)15/h4H,1-3H3,(H,14,15)(H,10,11,13). The van der Waals surface area contributed by atoms with Crippen LogP contribution in [0.2, 0.25) is 0 Å². The number of anilines is 1. The molecular weight excluding hydrogens is 216 g/mol. The molecule has 0 spiro atoms. The molecule has 1 heterocycles. The minimum absolute atomic E-state index is 0.0108. The van der Waals surface area contributed by atoms with E-state index < -0.39 is 17.8 Å². The molecule has 1 rings (SSSR count). The van der Waals surface area contributed by atoms with E-state index >= 15 is 0 Å². The average molecular weight is 228 g/mol. The Morgan fingerprint density at radius 3 is 2.56 bits per heavy atom. The van der Waals surface area contributed by atoms with Crippen molar-refractivity contribution in [3.05, 3.63) is 6.20 Å². The van der Waals surface area contributed by atoms with E-state index in [4.69, 9.17) is 9.84 Å². The maximum absolute atomic E-state index is 11.2. The monoisotopic (exact) mass is 228 g/mol. The normalized spacial score (nSPS) is 10.9. The summed E-state index contributed by atoms with van der Waals surface area (Å²) in [4.78, 5) is 22.1. The van der Waals surface area contributed by atoms with Gasteiger partial charge in [0.15, 0.2) is 5.82 Å². The lowest BCUT2D eigenvalue weighted by atomic mass is 10.2. The van der Waals surface area contributed by atoms with Crippen LogP contribution in [0.25, 0.3) is 0 Å². The number of nitrogens with zero attached hydrogens (tertiary/aromatic N) is 3. The molecule has 16 heavy (non-hydrogen) atoms. The van der Waals surface area contributed by atoms with Crippen LogP contribution < -0.4 is 5.32 Å². The van der Waals surface area contributed by atoms with E-state index in [1.165, 1.54) is 0 Å². The maximum Gasteiger partial charge on any atom is 0.449 e. The number of carboxylic acid groups (broad SMARTS) is 1. The molecule has 0 unspecified atom stereocenters. The average Bonchev–Trinajstić information content (AvgIpc) is 2.48. The third-order valence-electron chi connectivity index (χ3n) is 1.29. The van der Waals surface area contributed by atoms with Crippen LogP contribution >= 0.6 is 0 Å². The number of rotatable bonds is 1. The zero-order valence-corrected chi connectivity index (χ0v) is 9.09. The van der Waals surface area contributed by atoms with Gasteiger partial charge in [-0.3, -0.25) is 5.32 Å². The van der Waals surface area contributed by atoms with Gasteiger partial charge >= 0.3 is 12.2 Å². The van der Waals surface area contributed by atoms with Crippen LogP contribution in [0.1, 0.15) is 20.8 Å². The predicted molar refractivity (Wildman–Crippen MR) is 53.3 cm³/mol. The van der Waals surface area contributed by atoms with Gasteiger partial charge in [0, 0.05) is 0 Å². The molecule has 0 radical (unpaired) electrons. The third-order valence-corrected chi connectivity index (χ3v) is 1.29. The second kappa shape index (κ2) is 4.17. The Bertz CT molecular complexity index is 406. The van der Waals surface area contributed by atoms with Gasteiger partial charge < -0.3 is 9.84 Å². The van der Waals surface area contributed by atoms with Gasteiger partial charge in [-0.1, -0.05) is 4.80 Å². The molecule has 0 aliphatic heterocycles. The van der Waals surface area contributed by atoms with E-state index in [1.54, 1.807) is 20.8 Å². The zero-order valence-electron chi connectivity index (χ0n) is 9.09. The van der Waals surface area contributed by atoms with Gasteiger partial charge in [0.05, 0.1) is 6.20 Å². The van der Waals surface area contributed by atoms with Crippen molar-refractivity contribution in [2.75, 3.05) is 5.32 Å². The number of carbonyl (C=O) groups excluding carboxylic acids is 1. The van der Waals surface area contributed by atoms with Gasteiger partial charge in [0.1, 0.15) is 5.60 Å². The molecule has 0 saturated heterocycles. The van der Waals surface area contributed by atoms with E-state index in [0.29, 0.717) is 4.80 Å². The van der Waals surface area contributed by atoms with Crippen molar-refractivity contribution in [2.24, 2.45) is 0 Å². The van der Waals surface area contributed by atoms with Crippen LogP contribution in [-0.2, 0) is 4.74 Å². The lowest BCUT2D eigenvalue weighted by Crippen LogP contribution is -2.27. The largest absolute Gasteiger partial charge is 0.462 e. The number of ether oxygens (including phenoxy) is 1. The molecule has 0 aromatic carbocycles. The highest BCUT2D eigenvalue weighted by atomic mass is 16.6. The topological polar surface area (TPSA) is 106 Å². The minimum atomic E-state index is -1.34. The van der Waals surface area contributed by atoms with Crippen LogP contribution in [0.4, 0.5) is 15.4 Å². The van der Waals surface area contributed by atoms with E-state index in [2.05, 4.69) is 15.5 Å². The summed E-state index contributed by atoms with van der Waals surface area (Å²) in [6, 6.07) is 0. The smallest absolute Gasteiger partial charge is 0.449 e. The molecule has 1 aromatic heterocycles. The number of aromatic nitrogens is 3. The third kappa shape index (κ3) is 3.56. The molecule has 1 aromatic rings. The summed E-state index contributed by atoms with van der Waals surface area (Å²) in [6.07, 6.45) is -0.944. The number of hydrogen-bond acceptors (Lipinski definition) is 5. The first-order valence-electron chi connectivity index (χ1n) is 4.43. The summed E-state index contributed by atoms with van der Waals surface area (Å²) in [5.41, 5.74) is -0.632. The van der Waals surface area contributed by atoms with Crippen LogP contribution in [-0.4, -0.2) is 37.9 Å². The van der Waals surface area contributed by atoms with E-state index in [-0.39, 0.29) is 5.82 Å². The summed E-state index contributed by atoms with van der Waals surface area (Å²) >= 11 is 0. The van der Waals surface area contributed by atoms with E-state index in [1.807, 2.05) is 0 Å². The van der Waals surface area contributed by atoms with Gasteiger partial charge in [-0.2, -0.15) is 0 Å². The fourth-order valence-electron chi connectivity index (χ4n) is 0.821. The van der Waals surface area contributed by atoms with Crippen molar-refractivity contribution in [1.29, 1.82) is 0 Å². The molecule has 2 N–H and O–H groups in total. The Morgan fingerprint density at radius 1 is 1.50 bits per heavy atom. The molecule has 0 bridgehead atoms. The molecule has 8 heteroatoms. The van der Waals surface area contributed by atoms with Crippen LogP contribution in [0, 0.1) is 0 Å². The van der Waals surface area contributed by atoms with Gasteiger partial charge in [-0.25, -0.2) is 9.59 Å². The van der Waals surface area contributed by atoms with Crippen molar-refractivity contribution in [3.8, 4) is 0 Å². The van der Waals surface area contributed by atoms with Crippen LogP contribution in [0.3, 0.4) is 0 Å². The lowest BCUT2D eigenvalue weighted by Gasteiger charge is -2.18. The van der Waals surface area contributed by atoms with Gasteiger partial charge in [0.25, 0.3) is 0 Å². The molecule has 1 amide bonds. The van der Waals surface area contributed by atoms with E-state index in [9.17, 15) is 9.59 Å². The Balaban J connectivity index is 2.60. The Morgan fingerprint density at radius 2 is 2.12 bits per heavy atom. The van der Waals surface area contributed by atoms with Crippen LogP contribution in [0.5, 0.6) is 0 Å². The molecular formula is C8H12N4O4. The summed E-state index contributed by atoms with van der Waals surface area (Å²) < 4.78 is 4.94. The van der Waals surface area contributed by atoms with Crippen molar-refractivity contribution < 1.29 is 19.4 Å². The summed E-state index contributed by atoms with van der Waals surface area (Å²) in [6.45, 7) is 5.13. The number of amides is 1. The lowest BCUT2D eigenvalue weighted by molar-refractivity contribution is 0.0635. The highest BCUT2D eigenvalue weighted by Gasteiger charge is 2.17. The summed E-state index contributed by atoms with van der Waals surface area (Å²) in [7, 11) is 0. The highest BCUT2D eigenvalue weighted by molar-refractivity contribution is 5.83. The highest BCUT2D eigenvalue weighted by Crippen LogP contribution is 2.09. The number of hydrogen-bond donors (Lipinski definition) is 2. The molecule has 0 saturated carbocycles. The summed E-state index contributed by atoms with van der Waals surface area (Å²) in [5.74, 6) is 0.0108. The SMILES string of the molecule is CC(C)(C)OC(=O)Nc1cnn(C(=O)O)n1. The Hall–Kier alpha value is -2.12. The Kier molecular flexibility index (Phi) is 3.11. The fourth-order valence-corrected chi connectivity index (χ4v) is 0.821. The van der Waals surface area contributed by atoms with Gasteiger partial charge in [-0.15, -0.1) is 10.2 Å². The van der Waals surface area contributed by atoms with Crippen molar-refractivity contribution in [3.63, 3.8) is 0 Å². The second-order valence-electron chi connectivity index (χ2n) is 3.93. The minimum Gasteiger partial charge on any atom is -0.462 e. The maximum atomic E-state index is 11.2. The number of carbonyl (C=O) groups is 2. The van der Waals surface area contributed by atoms with Crippen LogP contribution in [0.15, 0.2) is 6.20 Å². The first-order chi connectivity index (χ1) is 7.28. The number of nitrogens with one attached hydrogen (secondary N) is 1.